The number of nitrogens with one attached hydrogen (secondary N) is 1. The van der Waals surface area contributed by atoms with Gasteiger partial charge in [-0.3, -0.25) is 0 Å². The number of nitrogens with zero attached hydrogens (tertiary/aromatic N) is 1. The highest BCUT2D eigenvalue weighted by Crippen LogP contribution is 2.16. The third kappa shape index (κ3) is 2.90. The predicted molar refractivity (Wildman–Crippen MR) is 54.7 cm³/mol. The Morgan fingerprint density at radius 1 is 1.50 bits per heavy atom. The van der Waals surface area contributed by atoms with E-state index in [0.717, 1.165) is 11.5 Å². The molecule has 0 saturated carbocycles. The third-order valence-electron chi connectivity index (χ3n) is 2.12. The lowest BCUT2D eigenvalue weighted by atomic mass is 10.2. The maximum absolute atomic E-state index is 8.51. The quantitative estimate of drug-likeness (QED) is 0.797. The Kier molecular flexibility index (Phi) is 3.73. The second-order valence-corrected chi connectivity index (χ2v) is 3.60. The Labute approximate surface area is 84.7 Å². The molecule has 1 heterocycles. The molecule has 3 heteroatoms. The molecule has 2 atom stereocenters. The summed E-state index contributed by atoms with van der Waals surface area (Å²) in [6.45, 7) is 5.95. The minimum absolute atomic E-state index is 0.159. The van der Waals surface area contributed by atoms with Crippen molar-refractivity contribution >= 4 is 0 Å². The van der Waals surface area contributed by atoms with Crippen LogP contribution in [0.1, 0.15) is 37.8 Å². The van der Waals surface area contributed by atoms with Crippen molar-refractivity contribution in [1.82, 2.24) is 5.32 Å². The van der Waals surface area contributed by atoms with Crippen LogP contribution in [0, 0.1) is 18.3 Å². The highest BCUT2D eigenvalue weighted by atomic mass is 16.3. The van der Waals surface area contributed by atoms with Crippen LogP contribution in [-0.4, -0.2) is 6.04 Å². The molecule has 0 aliphatic rings. The topological polar surface area (TPSA) is 49.0 Å². The summed E-state index contributed by atoms with van der Waals surface area (Å²) in [6, 6.07) is 6.40. The molecule has 3 nitrogen and oxygen atoms in total. The molecule has 0 fully saturated rings. The Bertz CT molecular complexity index is 324. The van der Waals surface area contributed by atoms with Gasteiger partial charge >= 0.3 is 0 Å². The monoisotopic (exact) mass is 192 g/mol. The second kappa shape index (κ2) is 4.83. The summed E-state index contributed by atoms with van der Waals surface area (Å²) in [5.41, 5.74) is 0. The van der Waals surface area contributed by atoms with Crippen LogP contribution in [0.25, 0.3) is 0 Å². The lowest BCUT2D eigenvalue weighted by Gasteiger charge is -2.15. The van der Waals surface area contributed by atoms with Gasteiger partial charge in [0, 0.05) is 6.04 Å². The zero-order chi connectivity index (χ0) is 10.6. The van der Waals surface area contributed by atoms with E-state index in [1.807, 2.05) is 32.9 Å². The van der Waals surface area contributed by atoms with E-state index in [4.69, 9.17) is 9.68 Å². The third-order valence-corrected chi connectivity index (χ3v) is 2.12. The Balaban J connectivity index is 2.50. The molecule has 0 aromatic carbocycles. The van der Waals surface area contributed by atoms with Gasteiger partial charge in [-0.1, -0.05) is 0 Å². The van der Waals surface area contributed by atoms with Crippen molar-refractivity contribution in [3.63, 3.8) is 0 Å². The highest BCUT2D eigenvalue weighted by molar-refractivity contribution is 5.09. The largest absolute Gasteiger partial charge is 0.465 e. The van der Waals surface area contributed by atoms with Gasteiger partial charge < -0.3 is 9.73 Å². The molecule has 0 saturated heterocycles. The van der Waals surface area contributed by atoms with E-state index >= 15 is 0 Å². The summed E-state index contributed by atoms with van der Waals surface area (Å²) < 4.78 is 5.48. The van der Waals surface area contributed by atoms with Gasteiger partial charge in [0.1, 0.15) is 11.5 Å². The highest BCUT2D eigenvalue weighted by Gasteiger charge is 2.11. The standard InChI is InChI=1S/C11H16N2O/c1-8(6-7-12)13-10(3)11-5-4-9(2)14-11/h4-5,8,10,13H,6H2,1-3H3. The van der Waals surface area contributed by atoms with Gasteiger partial charge in [-0.15, -0.1) is 0 Å². The van der Waals surface area contributed by atoms with Crippen molar-refractivity contribution in [3.05, 3.63) is 23.7 Å². The number of aryl methyl sites for hydroxylation is 1. The second-order valence-electron chi connectivity index (χ2n) is 3.60. The van der Waals surface area contributed by atoms with Crippen LogP contribution in [-0.2, 0) is 0 Å². The first-order valence-corrected chi connectivity index (χ1v) is 4.83. The predicted octanol–water partition coefficient (Wildman–Crippen LogP) is 2.54. The number of hydrogen-bond acceptors (Lipinski definition) is 3. The molecule has 0 bridgehead atoms. The zero-order valence-electron chi connectivity index (χ0n) is 8.87. The summed E-state index contributed by atoms with van der Waals surface area (Å²) in [4.78, 5) is 0. The maximum atomic E-state index is 8.51. The van der Waals surface area contributed by atoms with Gasteiger partial charge in [0.25, 0.3) is 0 Å². The van der Waals surface area contributed by atoms with Crippen molar-refractivity contribution in [2.45, 2.75) is 39.3 Å². The van der Waals surface area contributed by atoms with Crippen LogP contribution in [0.4, 0.5) is 0 Å². The Morgan fingerprint density at radius 2 is 2.21 bits per heavy atom. The van der Waals surface area contributed by atoms with Crippen molar-refractivity contribution in [1.29, 1.82) is 5.26 Å². The fourth-order valence-corrected chi connectivity index (χ4v) is 1.39. The minimum Gasteiger partial charge on any atom is -0.465 e. The molecule has 1 rings (SSSR count). The van der Waals surface area contributed by atoms with Crippen LogP contribution in [0.15, 0.2) is 16.5 Å². The van der Waals surface area contributed by atoms with E-state index in [1.54, 1.807) is 0 Å². The number of furan rings is 1. The maximum Gasteiger partial charge on any atom is 0.120 e. The normalized spacial score (nSPS) is 14.7. The molecule has 14 heavy (non-hydrogen) atoms. The van der Waals surface area contributed by atoms with Crippen molar-refractivity contribution in [3.8, 4) is 6.07 Å². The molecule has 1 N–H and O–H groups in total. The smallest absolute Gasteiger partial charge is 0.120 e. The van der Waals surface area contributed by atoms with Gasteiger partial charge in [0.15, 0.2) is 0 Å². The first-order chi connectivity index (χ1) is 6.63. The molecule has 76 valence electrons. The lowest BCUT2D eigenvalue weighted by Crippen LogP contribution is -2.28. The molecule has 0 aliphatic carbocycles. The molecule has 0 amide bonds. The summed E-state index contributed by atoms with van der Waals surface area (Å²) in [5.74, 6) is 1.84. The summed E-state index contributed by atoms with van der Waals surface area (Å²) in [5, 5.41) is 11.8. The van der Waals surface area contributed by atoms with E-state index in [9.17, 15) is 0 Å². The average Bonchev–Trinajstić information content (AvgIpc) is 2.52. The fraction of sp³-hybridized carbons (Fsp3) is 0.545. The molecule has 0 radical (unpaired) electrons. The van der Waals surface area contributed by atoms with E-state index in [2.05, 4.69) is 11.4 Å². The summed E-state index contributed by atoms with van der Waals surface area (Å²) >= 11 is 0. The van der Waals surface area contributed by atoms with Crippen LogP contribution >= 0.6 is 0 Å². The number of hydrogen-bond donors (Lipinski definition) is 1. The first kappa shape index (κ1) is 10.8. The fourth-order valence-electron chi connectivity index (χ4n) is 1.39. The SMILES string of the molecule is Cc1ccc(C(C)NC(C)CC#N)o1. The summed E-state index contributed by atoms with van der Waals surface area (Å²) in [6.07, 6.45) is 0.518. The molecular weight excluding hydrogens is 176 g/mol. The van der Waals surface area contributed by atoms with Crippen molar-refractivity contribution in [2.24, 2.45) is 0 Å². The molecule has 0 spiro atoms. The zero-order valence-corrected chi connectivity index (χ0v) is 8.87. The van der Waals surface area contributed by atoms with Crippen LogP contribution < -0.4 is 5.32 Å². The van der Waals surface area contributed by atoms with Crippen LogP contribution in [0.5, 0.6) is 0 Å². The molecule has 1 aromatic rings. The van der Waals surface area contributed by atoms with Gasteiger partial charge in [-0.2, -0.15) is 5.26 Å². The minimum atomic E-state index is 0.159. The van der Waals surface area contributed by atoms with Gasteiger partial charge in [0.05, 0.1) is 18.5 Å². The van der Waals surface area contributed by atoms with Crippen molar-refractivity contribution < 1.29 is 4.42 Å². The van der Waals surface area contributed by atoms with Crippen LogP contribution in [0.2, 0.25) is 0 Å². The first-order valence-electron chi connectivity index (χ1n) is 4.83. The number of rotatable bonds is 4. The van der Waals surface area contributed by atoms with E-state index in [0.29, 0.717) is 6.42 Å². The number of nitriles is 1. The van der Waals surface area contributed by atoms with Crippen LogP contribution in [0.3, 0.4) is 0 Å². The molecule has 2 unspecified atom stereocenters. The average molecular weight is 192 g/mol. The van der Waals surface area contributed by atoms with E-state index < -0.39 is 0 Å². The van der Waals surface area contributed by atoms with E-state index in [1.165, 1.54) is 0 Å². The lowest BCUT2D eigenvalue weighted by molar-refractivity contribution is 0.390. The summed E-state index contributed by atoms with van der Waals surface area (Å²) in [7, 11) is 0. The van der Waals surface area contributed by atoms with Gasteiger partial charge in [-0.25, -0.2) is 0 Å². The van der Waals surface area contributed by atoms with Crippen molar-refractivity contribution in [2.75, 3.05) is 0 Å². The Hall–Kier alpha value is -1.27. The molecular formula is C11H16N2O. The Morgan fingerprint density at radius 3 is 2.71 bits per heavy atom. The van der Waals surface area contributed by atoms with Gasteiger partial charge in [0.2, 0.25) is 0 Å². The molecule has 1 aromatic heterocycles. The van der Waals surface area contributed by atoms with E-state index in [-0.39, 0.29) is 12.1 Å². The molecule has 0 aliphatic heterocycles. The van der Waals surface area contributed by atoms with Gasteiger partial charge in [-0.05, 0) is 32.9 Å².